The lowest BCUT2D eigenvalue weighted by atomic mass is 10.2. The van der Waals surface area contributed by atoms with E-state index in [1.165, 1.54) is 0 Å². The lowest BCUT2D eigenvalue weighted by molar-refractivity contribution is 0.276. The van der Waals surface area contributed by atoms with Crippen molar-refractivity contribution in [3.63, 3.8) is 0 Å². The zero-order valence-corrected chi connectivity index (χ0v) is 11.1. The van der Waals surface area contributed by atoms with E-state index in [-0.39, 0.29) is 12.6 Å². The average molecular weight is 267 g/mol. The van der Waals surface area contributed by atoms with Crippen LogP contribution in [-0.2, 0) is 6.61 Å². The Bertz CT molecular complexity index is 538. The number of aliphatic hydroxyl groups excluding tert-OH is 1. The molecule has 18 heavy (non-hydrogen) atoms. The molecule has 1 aromatic carbocycles. The number of benzene rings is 1. The number of hydrogen-bond donors (Lipinski definition) is 1. The van der Waals surface area contributed by atoms with Gasteiger partial charge in [0.05, 0.1) is 19.0 Å². The maximum atomic E-state index is 9.29. The van der Waals surface area contributed by atoms with Gasteiger partial charge in [-0.25, -0.2) is 0 Å². The molecule has 0 amide bonds. The van der Waals surface area contributed by atoms with Crippen LogP contribution in [-0.4, -0.2) is 14.9 Å². The van der Waals surface area contributed by atoms with Crippen LogP contribution >= 0.6 is 11.6 Å². The fraction of sp³-hybridized carbons (Fsp3) is 0.308. The number of ether oxygens (including phenoxy) is 1. The summed E-state index contributed by atoms with van der Waals surface area (Å²) in [6, 6.07) is 5.55. The molecule has 4 nitrogen and oxygen atoms in total. The van der Waals surface area contributed by atoms with Crippen molar-refractivity contribution < 1.29 is 9.84 Å². The quantitative estimate of drug-likeness (QED) is 0.923. The molecule has 0 aliphatic carbocycles. The van der Waals surface area contributed by atoms with E-state index in [4.69, 9.17) is 16.3 Å². The topological polar surface area (TPSA) is 47.3 Å². The molecule has 0 spiro atoms. The van der Waals surface area contributed by atoms with Gasteiger partial charge in [-0.15, -0.1) is 0 Å². The van der Waals surface area contributed by atoms with Crippen LogP contribution in [0.3, 0.4) is 0 Å². The van der Waals surface area contributed by atoms with Crippen LogP contribution in [0.2, 0.25) is 5.02 Å². The normalized spacial score (nSPS) is 10.9. The first-order valence-electron chi connectivity index (χ1n) is 5.72. The van der Waals surface area contributed by atoms with Gasteiger partial charge in [0.1, 0.15) is 5.75 Å². The number of nitrogens with zero attached hydrogens (tertiary/aromatic N) is 2. The standard InChI is InChI=1S/C13H15ClN2O2/c1-9(2)16-7-10(6-15-16)18-13-5-3-4-12(14)11(13)8-17/h3-7,9,17H,8H2,1-2H3. The predicted molar refractivity (Wildman–Crippen MR) is 70.1 cm³/mol. The fourth-order valence-corrected chi connectivity index (χ4v) is 1.80. The van der Waals surface area contributed by atoms with Crippen molar-refractivity contribution >= 4 is 11.6 Å². The van der Waals surface area contributed by atoms with Gasteiger partial charge in [-0.3, -0.25) is 4.68 Å². The Hall–Kier alpha value is -1.52. The maximum absolute atomic E-state index is 9.29. The zero-order valence-electron chi connectivity index (χ0n) is 10.3. The summed E-state index contributed by atoms with van der Waals surface area (Å²) in [5.74, 6) is 1.17. The molecule has 1 N–H and O–H groups in total. The summed E-state index contributed by atoms with van der Waals surface area (Å²) < 4.78 is 7.49. The van der Waals surface area contributed by atoms with Crippen molar-refractivity contribution in [1.29, 1.82) is 0 Å². The Morgan fingerprint density at radius 2 is 2.22 bits per heavy atom. The SMILES string of the molecule is CC(C)n1cc(Oc2cccc(Cl)c2CO)cn1. The van der Waals surface area contributed by atoms with Crippen molar-refractivity contribution in [1.82, 2.24) is 9.78 Å². The van der Waals surface area contributed by atoms with E-state index >= 15 is 0 Å². The van der Waals surface area contributed by atoms with Crippen LogP contribution in [0.15, 0.2) is 30.6 Å². The summed E-state index contributed by atoms with van der Waals surface area (Å²) in [7, 11) is 0. The summed E-state index contributed by atoms with van der Waals surface area (Å²) in [5, 5.41) is 14.0. The molecule has 0 aliphatic heterocycles. The highest BCUT2D eigenvalue weighted by Gasteiger charge is 2.09. The third-order valence-corrected chi connectivity index (χ3v) is 2.92. The second-order valence-electron chi connectivity index (χ2n) is 4.23. The molecule has 0 fully saturated rings. The van der Waals surface area contributed by atoms with Gasteiger partial charge in [-0.05, 0) is 26.0 Å². The highest BCUT2D eigenvalue weighted by molar-refractivity contribution is 6.31. The minimum atomic E-state index is -0.159. The molecule has 0 saturated heterocycles. The van der Waals surface area contributed by atoms with Crippen LogP contribution in [0, 0.1) is 0 Å². The molecular weight excluding hydrogens is 252 g/mol. The molecular formula is C13H15ClN2O2. The van der Waals surface area contributed by atoms with Crippen molar-refractivity contribution in [3.05, 3.63) is 41.2 Å². The molecule has 96 valence electrons. The average Bonchev–Trinajstić information content (AvgIpc) is 2.78. The molecule has 1 heterocycles. The van der Waals surface area contributed by atoms with E-state index in [1.54, 1.807) is 29.1 Å². The van der Waals surface area contributed by atoms with E-state index in [0.717, 1.165) is 0 Å². The monoisotopic (exact) mass is 266 g/mol. The number of aromatic nitrogens is 2. The Morgan fingerprint density at radius 3 is 2.83 bits per heavy atom. The number of aliphatic hydroxyl groups is 1. The first-order chi connectivity index (χ1) is 8.61. The van der Waals surface area contributed by atoms with Gasteiger partial charge in [-0.2, -0.15) is 5.10 Å². The predicted octanol–water partition coefficient (Wildman–Crippen LogP) is 3.40. The highest BCUT2D eigenvalue weighted by Crippen LogP contribution is 2.30. The van der Waals surface area contributed by atoms with Gasteiger partial charge in [0, 0.05) is 16.6 Å². The number of hydrogen-bond acceptors (Lipinski definition) is 3. The highest BCUT2D eigenvalue weighted by atomic mass is 35.5. The van der Waals surface area contributed by atoms with Crippen LogP contribution in [0.4, 0.5) is 0 Å². The zero-order chi connectivity index (χ0) is 13.1. The van der Waals surface area contributed by atoms with Gasteiger partial charge < -0.3 is 9.84 Å². The van der Waals surface area contributed by atoms with Crippen molar-refractivity contribution in [2.45, 2.75) is 26.5 Å². The first-order valence-corrected chi connectivity index (χ1v) is 6.10. The van der Waals surface area contributed by atoms with Gasteiger partial charge in [-0.1, -0.05) is 17.7 Å². The van der Waals surface area contributed by atoms with Gasteiger partial charge in [0.2, 0.25) is 0 Å². The third kappa shape index (κ3) is 2.66. The summed E-state index contributed by atoms with van der Waals surface area (Å²) in [4.78, 5) is 0. The molecule has 1 aromatic heterocycles. The number of halogens is 1. The molecule has 0 bridgehead atoms. The van der Waals surface area contributed by atoms with Crippen LogP contribution in [0.25, 0.3) is 0 Å². The van der Waals surface area contributed by atoms with Crippen LogP contribution in [0.1, 0.15) is 25.5 Å². The minimum absolute atomic E-state index is 0.159. The molecule has 2 aromatic rings. The van der Waals surface area contributed by atoms with E-state index < -0.39 is 0 Å². The smallest absolute Gasteiger partial charge is 0.165 e. The Morgan fingerprint density at radius 1 is 1.44 bits per heavy atom. The number of rotatable bonds is 4. The summed E-state index contributed by atoms with van der Waals surface area (Å²) in [5.41, 5.74) is 0.580. The minimum Gasteiger partial charge on any atom is -0.454 e. The van der Waals surface area contributed by atoms with Gasteiger partial charge in [0.15, 0.2) is 5.75 Å². The lowest BCUT2D eigenvalue weighted by Gasteiger charge is -2.09. The Balaban J connectivity index is 2.25. The Labute approximate surface area is 111 Å². The fourth-order valence-electron chi connectivity index (χ4n) is 1.57. The van der Waals surface area contributed by atoms with E-state index in [2.05, 4.69) is 5.10 Å². The third-order valence-electron chi connectivity index (χ3n) is 2.57. The molecule has 0 atom stereocenters. The second-order valence-corrected chi connectivity index (χ2v) is 4.63. The van der Waals surface area contributed by atoms with Crippen molar-refractivity contribution in [2.24, 2.45) is 0 Å². The Kier molecular flexibility index (Phi) is 3.89. The largest absolute Gasteiger partial charge is 0.454 e. The molecule has 2 rings (SSSR count). The first kappa shape index (κ1) is 12.9. The summed E-state index contributed by atoms with van der Waals surface area (Å²) >= 11 is 5.99. The van der Waals surface area contributed by atoms with E-state index in [1.807, 2.05) is 20.0 Å². The van der Waals surface area contributed by atoms with Gasteiger partial charge in [0.25, 0.3) is 0 Å². The lowest BCUT2D eigenvalue weighted by Crippen LogP contribution is -1.99. The molecule has 0 radical (unpaired) electrons. The summed E-state index contributed by atoms with van der Waals surface area (Å²) in [6.45, 7) is 3.91. The van der Waals surface area contributed by atoms with Gasteiger partial charge >= 0.3 is 0 Å². The van der Waals surface area contributed by atoms with Crippen molar-refractivity contribution in [2.75, 3.05) is 0 Å². The molecule has 0 aliphatic rings. The van der Waals surface area contributed by atoms with Crippen LogP contribution in [0.5, 0.6) is 11.5 Å². The molecule has 0 unspecified atom stereocenters. The van der Waals surface area contributed by atoms with E-state index in [9.17, 15) is 5.11 Å². The maximum Gasteiger partial charge on any atom is 0.165 e. The van der Waals surface area contributed by atoms with E-state index in [0.29, 0.717) is 22.1 Å². The summed E-state index contributed by atoms with van der Waals surface area (Å²) in [6.07, 6.45) is 3.45. The van der Waals surface area contributed by atoms with Crippen molar-refractivity contribution in [3.8, 4) is 11.5 Å². The van der Waals surface area contributed by atoms with Crippen LogP contribution < -0.4 is 4.74 Å². The molecule has 5 heteroatoms. The second kappa shape index (κ2) is 5.42. The molecule has 0 saturated carbocycles.